The van der Waals surface area contributed by atoms with E-state index in [9.17, 15) is 9.59 Å². The minimum Gasteiger partial charge on any atom is -0.486 e. The van der Waals surface area contributed by atoms with Gasteiger partial charge in [0, 0.05) is 36.2 Å². The summed E-state index contributed by atoms with van der Waals surface area (Å²) in [4.78, 5) is 28.7. The Balaban J connectivity index is 1.61. The Morgan fingerprint density at radius 3 is 2.93 bits per heavy atom. The van der Waals surface area contributed by atoms with E-state index in [1.807, 2.05) is 24.3 Å². The van der Waals surface area contributed by atoms with Gasteiger partial charge < -0.3 is 10.1 Å². The normalized spacial score (nSPS) is 15.2. The first-order valence-corrected chi connectivity index (χ1v) is 10.3. The number of hydrogen-bond acceptors (Lipinski definition) is 6. The number of hydrazone groups is 1. The third-order valence-electron chi connectivity index (χ3n) is 4.35. The quantitative estimate of drug-likeness (QED) is 0.221. The molecule has 30 heavy (non-hydrogen) atoms. The molecule has 1 unspecified atom stereocenters. The molecule has 1 N–H and O–H groups in total. The molecule has 1 aromatic heterocycles. The van der Waals surface area contributed by atoms with Crippen molar-refractivity contribution in [2.24, 2.45) is 10.1 Å². The number of amides is 1. The number of ketones is 1. The first kappa shape index (κ1) is 21.7. The zero-order valence-electron chi connectivity index (χ0n) is 16.6. The van der Waals surface area contributed by atoms with Gasteiger partial charge in [0.15, 0.2) is 5.78 Å². The zero-order chi connectivity index (χ0) is 21.7. The molecule has 0 aliphatic carbocycles. The van der Waals surface area contributed by atoms with E-state index in [2.05, 4.69) is 22.1 Å². The van der Waals surface area contributed by atoms with Crippen molar-refractivity contribution in [3.8, 4) is 16.2 Å². The van der Waals surface area contributed by atoms with Crippen LogP contribution in [0.15, 0.2) is 46.6 Å². The average molecular weight is 445 g/mol. The number of ether oxygens (including phenoxy) is 1. The molecule has 0 saturated carbocycles. The molecule has 1 aliphatic heterocycles. The minimum atomic E-state index is -0.259. The summed E-state index contributed by atoms with van der Waals surface area (Å²) in [7, 11) is 1.68. The zero-order valence-corrected chi connectivity index (χ0v) is 18.2. The lowest BCUT2D eigenvalue weighted by Crippen LogP contribution is -2.33. The molecule has 0 radical (unpaired) electrons. The number of carbonyl (C=O) groups excluding carboxylic acids is 2. The van der Waals surface area contributed by atoms with Crippen LogP contribution in [0.5, 0.6) is 5.75 Å². The SMILES string of the molecule is C=N/C=N\N(C)/C=C/C(=O)NCC1Cc2cc(-c3ccc(C(C)=O)s3)cc(Cl)c2O1. The average Bonchev–Trinajstić information content (AvgIpc) is 3.36. The van der Waals surface area contributed by atoms with Gasteiger partial charge in [-0.15, -0.1) is 11.3 Å². The molecule has 1 amide bonds. The number of rotatable bonds is 8. The van der Waals surface area contributed by atoms with Gasteiger partial charge in [-0.05, 0) is 43.5 Å². The maximum absolute atomic E-state index is 12.0. The number of halogens is 1. The molecule has 3 rings (SSSR count). The highest BCUT2D eigenvalue weighted by molar-refractivity contribution is 7.17. The maximum Gasteiger partial charge on any atom is 0.245 e. The number of hydrogen-bond donors (Lipinski definition) is 1. The van der Waals surface area contributed by atoms with E-state index in [0.717, 1.165) is 16.0 Å². The Morgan fingerprint density at radius 1 is 1.43 bits per heavy atom. The summed E-state index contributed by atoms with van der Waals surface area (Å²) < 4.78 is 5.93. The van der Waals surface area contributed by atoms with Crippen LogP contribution in [0.3, 0.4) is 0 Å². The summed E-state index contributed by atoms with van der Waals surface area (Å²) in [5.41, 5.74) is 1.93. The highest BCUT2D eigenvalue weighted by atomic mass is 35.5. The van der Waals surface area contributed by atoms with Gasteiger partial charge in [-0.25, -0.2) is 0 Å². The summed E-state index contributed by atoms with van der Waals surface area (Å²) in [6.07, 6.45) is 4.59. The smallest absolute Gasteiger partial charge is 0.245 e. The second-order valence-corrected chi connectivity index (χ2v) is 8.15. The van der Waals surface area contributed by atoms with E-state index in [0.29, 0.717) is 28.6 Å². The highest BCUT2D eigenvalue weighted by Crippen LogP contribution is 2.41. The molecule has 1 aliphatic rings. The second-order valence-electron chi connectivity index (χ2n) is 6.66. The Bertz CT molecular complexity index is 1030. The molecular weight excluding hydrogens is 424 g/mol. The molecular formula is C21H21ClN4O3S. The summed E-state index contributed by atoms with van der Waals surface area (Å²) in [5, 5.41) is 8.66. The first-order valence-electron chi connectivity index (χ1n) is 9.14. The lowest BCUT2D eigenvalue weighted by molar-refractivity contribution is -0.116. The number of benzene rings is 1. The molecule has 7 nitrogen and oxygen atoms in total. The minimum absolute atomic E-state index is 0.0436. The number of nitrogens with zero attached hydrogens (tertiary/aromatic N) is 3. The number of nitrogens with one attached hydrogen (secondary N) is 1. The van der Waals surface area contributed by atoms with E-state index in [-0.39, 0.29) is 17.8 Å². The summed E-state index contributed by atoms with van der Waals surface area (Å²) in [6, 6.07) is 7.61. The Labute approximate surface area is 183 Å². The van der Waals surface area contributed by atoms with Gasteiger partial charge in [0.05, 0.1) is 16.4 Å². The van der Waals surface area contributed by atoms with E-state index in [4.69, 9.17) is 16.3 Å². The monoisotopic (exact) mass is 444 g/mol. The Morgan fingerprint density at radius 2 is 2.23 bits per heavy atom. The van der Waals surface area contributed by atoms with Crippen molar-refractivity contribution in [2.45, 2.75) is 19.4 Å². The molecule has 1 atom stereocenters. The van der Waals surface area contributed by atoms with Crippen molar-refractivity contribution in [1.82, 2.24) is 10.3 Å². The van der Waals surface area contributed by atoms with E-state index in [1.54, 1.807) is 14.0 Å². The van der Waals surface area contributed by atoms with Crippen molar-refractivity contribution in [3.63, 3.8) is 0 Å². The maximum atomic E-state index is 12.0. The first-order chi connectivity index (χ1) is 14.4. The van der Waals surface area contributed by atoms with E-state index < -0.39 is 0 Å². The standard InChI is InChI=1S/C21H21ClN4O3S/c1-13(27)18-4-5-19(30-18)14-8-15-9-16(29-21(15)17(22)10-14)11-24-20(28)6-7-26(3)25-12-23-2/h4-8,10,12,16H,2,9,11H2,1,3H3,(H,24,28)/b7-6+,25-12-. The predicted molar refractivity (Wildman–Crippen MR) is 121 cm³/mol. The fourth-order valence-electron chi connectivity index (χ4n) is 2.93. The molecule has 2 heterocycles. The van der Waals surface area contributed by atoms with Crippen LogP contribution < -0.4 is 10.1 Å². The van der Waals surface area contributed by atoms with Crippen LogP contribution in [0.2, 0.25) is 5.02 Å². The van der Waals surface area contributed by atoms with Crippen molar-refractivity contribution in [3.05, 3.63) is 52.0 Å². The summed E-state index contributed by atoms with van der Waals surface area (Å²) >= 11 is 7.87. The topological polar surface area (TPSA) is 83.4 Å². The third-order valence-corrected chi connectivity index (χ3v) is 5.87. The molecule has 0 spiro atoms. The van der Waals surface area contributed by atoms with Gasteiger partial charge in [0.1, 0.15) is 18.2 Å². The molecule has 0 saturated heterocycles. The van der Waals surface area contributed by atoms with Gasteiger partial charge in [0.25, 0.3) is 0 Å². The van der Waals surface area contributed by atoms with E-state index in [1.165, 1.54) is 35.0 Å². The van der Waals surface area contributed by atoms with Crippen LogP contribution >= 0.6 is 22.9 Å². The third kappa shape index (κ3) is 5.34. The van der Waals surface area contributed by atoms with E-state index >= 15 is 0 Å². The second kappa shape index (κ2) is 9.69. The number of carbonyl (C=O) groups is 2. The lowest BCUT2D eigenvalue weighted by atomic mass is 10.1. The Kier molecular flexibility index (Phi) is 7.02. The lowest BCUT2D eigenvalue weighted by Gasteiger charge is -2.11. The van der Waals surface area contributed by atoms with Crippen molar-refractivity contribution < 1.29 is 14.3 Å². The van der Waals surface area contributed by atoms with Crippen molar-refractivity contribution in [1.29, 1.82) is 0 Å². The van der Waals surface area contributed by atoms with Crippen LogP contribution in [0.4, 0.5) is 0 Å². The Hall–Kier alpha value is -2.97. The fourth-order valence-corrected chi connectivity index (χ4v) is 4.10. The van der Waals surface area contributed by atoms with Crippen LogP contribution in [-0.2, 0) is 11.2 Å². The van der Waals surface area contributed by atoms with Crippen molar-refractivity contribution in [2.75, 3.05) is 13.6 Å². The molecule has 0 bridgehead atoms. The molecule has 1 aromatic carbocycles. The number of fused-ring (bicyclic) bond motifs is 1. The summed E-state index contributed by atoms with van der Waals surface area (Å²) in [6.45, 7) is 5.19. The molecule has 9 heteroatoms. The van der Waals surface area contributed by atoms with Gasteiger partial charge >= 0.3 is 0 Å². The largest absolute Gasteiger partial charge is 0.486 e. The van der Waals surface area contributed by atoms with Gasteiger partial charge in [-0.3, -0.25) is 19.6 Å². The number of Topliss-reactive ketones (excluding diaryl/α,β-unsaturated/α-hetero) is 1. The number of thiophene rings is 1. The van der Waals surface area contributed by atoms with Crippen LogP contribution in [-0.4, -0.2) is 49.5 Å². The highest BCUT2D eigenvalue weighted by Gasteiger charge is 2.26. The summed E-state index contributed by atoms with van der Waals surface area (Å²) in [5.74, 6) is 0.428. The van der Waals surface area contributed by atoms with Gasteiger partial charge in [-0.1, -0.05) is 11.6 Å². The van der Waals surface area contributed by atoms with Crippen molar-refractivity contribution >= 4 is 47.7 Å². The fraction of sp³-hybridized carbons (Fsp3) is 0.238. The van der Waals surface area contributed by atoms with Gasteiger partial charge in [-0.2, -0.15) is 5.10 Å². The predicted octanol–water partition coefficient (Wildman–Crippen LogP) is 3.78. The van der Waals surface area contributed by atoms with Crippen LogP contribution in [0.25, 0.3) is 10.4 Å². The molecule has 0 fully saturated rings. The van der Waals surface area contributed by atoms with Crippen LogP contribution in [0.1, 0.15) is 22.2 Å². The number of aliphatic imine (C=N–C) groups is 1. The van der Waals surface area contributed by atoms with Gasteiger partial charge in [0.2, 0.25) is 5.91 Å². The molecule has 2 aromatic rings. The molecule has 156 valence electrons. The van der Waals surface area contributed by atoms with Crippen LogP contribution in [0, 0.1) is 0 Å².